The van der Waals surface area contributed by atoms with E-state index in [0.29, 0.717) is 0 Å². The quantitative estimate of drug-likeness (QED) is 0.303. The van der Waals surface area contributed by atoms with Gasteiger partial charge in [-0.3, -0.25) is 19.2 Å². The third kappa shape index (κ3) is 4.66. The molecule has 2 aromatic heterocycles. The average Bonchev–Trinajstić information content (AvgIpc) is 4.05. The van der Waals surface area contributed by atoms with Gasteiger partial charge in [0.1, 0.15) is 10.0 Å². The van der Waals surface area contributed by atoms with Gasteiger partial charge in [0.15, 0.2) is 34.6 Å². The Hall–Kier alpha value is -3.62. The van der Waals surface area contributed by atoms with Crippen molar-refractivity contribution in [1.29, 1.82) is 0 Å². The van der Waals surface area contributed by atoms with Crippen molar-refractivity contribution >= 4 is 78.4 Å². The Kier molecular flexibility index (Phi) is 7.65. The van der Waals surface area contributed by atoms with Gasteiger partial charge in [-0.1, -0.05) is 88.5 Å². The topological polar surface area (TPSA) is 93.0 Å². The lowest BCUT2D eigenvalue weighted by atomic mass is 9.63. The molecular formula is C48H48N2O4S2. The van der Waals surface area contributed by atoms with Crippen LogP contribution in [0, 0.1) is 35.5 Å². The lowest BCUT2D eigenvalue weighted by Crippen LogP contribution is -2.31. The third-order valence-corrected chi connectivity index (χ3v) is 18.2. The summed E-state index contributed by atoms with van der Waals surface area (Å²) in [4.78, 5) is 66.2. The highest BCUT2D eigenvalue weighted by atomic mass is 32.1. The van der Waals surface area contributed by atoms with Crippen LogP contribution in [0.3, 0.4) is 0 Å². The molecule has 56 heavy (non-hydrogen) atoms. The Labute approximate surface area is 336 Å². The summed E-state index contributed by atoms with van der Waals surface area (Å²) in [5.41, 5.74) is 8.76. The van der Waals surface area contributed by atoms with Gasteiger partial charge in [0.2, 0.25) is 0 Å². The van der Waals surface area contributed by atoms with E-state index in [2.05, 4.69) is 36.4 Å². The van der Waals surface area contributed by atoms with Crippen LogP contribution in [0.1, 0.15) is 136 Å². The number of ketones is 4. The van der Waals surface area contributed by atoms with Crippen molar-refractivity contribution in [2.75, 3.05) is 0 Å². The first kappa shape index (κ1) is 34.4. The number of rotatable bonds is 2. The van der Waals surface area contributed by atoms with Gasteiger partial charge in [-0.15, -0.1) is 22.7 Å². The number of hydrogen-bond donors (Lipinski definition) is 0. The summed E-state index contributed by atoms with van der Waals surface area (Å²) in [6.45, 7) is 0. The van der Waals surface area contributed by atoms with Crippen LogP contribution < -0.4 is 0 Å². The predicted octanol–water partition coefficient (Wildman–Crippen LogP) is 10.9. The number of Topliss-reactive ketones (excluding diaryl/α,β-unsaturated/α-hetero) is 4. The van der Waals surface area contributed by atoms with Gasteiger partial charge < -0.3 is 0 Å². The normalized spacial score (nSPS) is 33.2. The fourth-order valence-electron chi connectivity index (χ4n) is 13.5. The number of carbonyl (C=O) groups is 4. The number of thiophene rings is 2. The molecule has 0 bridgehead atoms. The second-order valence-electron chi connectivity index (χ2n) is 18.8. The molecule has 286 valence electrons. The molecule has 6 nitrogen and oxygen atoms in total. The number of allylic oxidation sites excluding steroid dienone is 8. The molecule has 6 atom stereocenters. The highest BCUT2D eigenvalue weighted by Crippen LogP contribution is 2.66. The van der Waals surface area contributed by atoms with Crippen LogP contribution in [0.4, 0.5) is 10.0 Å². The van der Waals surface area contributed by atoms with E-state index >= 15 is 0 Å². The maximum atomic E-state index is 13.4. The zero-order valence-electron chi connectivity index (χ0n) is 32.0. The van der Waals surface area contributed by atoms with E-state index in [0.717, 1.165) is 87.1 Å². The number of carbonyl (C=O) groups excluding carboxylic acids is 4. The Bertz CT molecular complexity index is 2150. The second kappa shape index (κ2) is 12.4. The predicted molar refractivity (Wildman–Crippen MR) is 222 cm³/mol. The summed E-state index contributed by atoms with van der Waals surface area (Å²) in [6, 6.07) is 4.51. The molecule has 6 unspecified atom stereocenters. The van der Waals surface area contributed by atoms with Crippen molar-refractivity contribution in [2.24, 2.45) is 45.5 Å². The summed E-state index contributed by atoms with van der Waals surface area (Å²) in [6.07, 6.45) is 29.5. The molecule has 2 spiro atoms. The Morgan fingerprint density at radius 2 is 0.821 bits per heavy atom. The molecule has 0 aliphatic heterocycles. The van der Waals surface area contributed by atoms with Crippen molar-refractivity contribution in [3.05, 3.63) is 68.5 Å². The van der Waals surface area contributed by atoms with Crippen molar-refractivity contribution in [2.45, 2.75) is 126 Å². The third-order valence-electron chi connectivity index (χ3n) is 16.1. The van der Waals surface area contributed by atoms with Crippen LogP contribution in [0.5, 0.6) is 0 Å². The monoisotopic (exact) mass is 780 g/mol. The number of nitrogens with zero attached hydrogens (tertiary/aromatic N) is 2. The van der Waals surface area contributed by atoms with E-state index in [-0.39, 0.29) is 80.9 Å². The Morgan fingerprint density at radius 1 is 0.464 bits per heavy atom. The molecule has 10 aliphatic rings. The van der Waals surface area contributed by atoms with E-state index in [1.165, 1.54) is 81.7 Å². The van der Waals surface area contributed by atoms with Gasteiger partial charge in [0.05, 0.1) is 0 Å². The molecule has 12 rings (SSSR count). The smallest absolute Gasteiger partial charge is 0.188 e. The summed E-state index contributed by atoms with van der Waals surface area (Å²) >= 11 is 3.39. The van der Waals surface area contributed by atoms with Gasteiger partial charge in [0, 0.05) is 56.1 Å². The number of hydrogen-bond acceptors (Lipinski definition) is 8. The SMILES string of the molecule is O=C1C(=Nc2cc3c(s2)C2=CC4C=C5C(=CC4C=C2C32CCCCC2)c2sc(N=C3C(=O)C4CCCCC4C3=O)cc2C52CCCCC2)C(=O)C2CCCCC12. The summed E-state index contributed by atoms with van der Waals surface area (Å²) in [7, 11) is 0. The zero-order valence-corrected chi connectivity index (χ0v) is 33.6. The molecule has 0 radical (unpaired) electrons. The molecule has 2 heterocycles. The summed E-state index contributed by atoms with van der Waals surface area (Å²) in [5, 5.41) is 1.64. The van der Waals surface area contributed by atoms with Crippen LogP contribution in [-0.2, 0) is 30.0 Å². The fraction of sp³-hybridized carbons (Fsp3) is 0.542. The van der Waals surface area contributed by atoms with E-state index in [1.807, 2.05) is 0 Å². The molecule has 0 amide bonds. The summed E-state index contributed by atoms with van der Waals surface area (Å²) < 4.78 is 0. The maximum absolute atomic E-state index is 13.4. The van der Waals surface area contributed by atoms with Crippen LogP contribution in [-0.4, -0.2) is 34.6 Å². The van der Waals surface area contributed by atoms with Crippen LogP contribution in [0.2, 0.25) is 0 Å². The van der Waals surface area contributed by atoms with Crippen molar-refractivity contribution in [1.82, 2.24) is 0 Å². The van der Waals surface area contributed by atoms with E-state index < -0.39 is 0 Å². The standard InChI is InChI=1S/C48H48N2O4S2/c51-41-27-11-3-4-12-28(27)42(52)39(41)49-37-23-35-45(55-37)31-19-26-22-34-32(20-25(26)21-33(31)47(35)15-7-1-8-16-47)46-36(48(34)17-9-2-10-18-48)24-38(56-46)50-40-43(53)29-13-5-6-14-30(29)44(40)54/h19-30H,1-18H2. The highest BCUT2D eigenvalue weighted by molar-refractivity contribution is 7.17. The van der Waals surface area contributed by atoms with E-state index in [9.17, 15) is 19.2 Å². The van der Waals surface area contributed by atoms with E-state index in [4.69, 9.17) is 9.98 Å². The lowest BCUT2D eigenvalue weighted by Gasteiger charge is -2.40. The van der Waals surface area contributed by atoms with Crippen LogP contribution in [0.25, 0.3) is 11.1 Å². The minimum Gasteiger partial charge on any atom is -0.292 e. The van der Waals surface area contributed by atoms with Gasteiger partial charge in [-0.25, -0.2) is 9.98 Å². The highest BCUT2D eigenvalue weighted by Gasteiger charge is 2.54. The largest absolute Gasteiger partial charge is 0.292 e. The Balaban J connectivity index is 0.933. The van der Waals surface area contributed by atoms with Gasteiger partial charge in [-0.05, 0) is 96.9 Å². The number of aliphatic imine (C=N–C) groups is 2. The first-order valence-corrected chi connectivity index (χ1v) is 23.5. The van der Waals surface area contributed by atoms with Gasteiger partial charge >= 0.3 is 0 Å². The minimum atomic E-state index is -0.158. The Morgan fingerprint density at radius 3 is 1.18 bits per heavy atom. The van der Waals surface area contributed by atoms with Crippen molar-refractivity contribution < 1.29 is 19.2 Å². The molecule has 0 saturated heterocycles. The molecule has 8 heteroatoms. The molecule has 6 fully saturated rings. The molecule has 10 aliphatic carbocycles. The van der Waals surface area contributed by atoms with Gasteiger partial charge in [0.25, 0.3) is 0 Å². The van der Waals surface area contributed by atoms with Gasteiger partial charge in [-0.2, -0.15) is 0 Å². The van der Waals surface area contributed by atoms with Crippen LogP contribution >= 0.6 is 22.7 Å². The average molecular weight is 781 g/mol. The van der Waals surface area contributed by atoms with Crippen LogP contribution in [0.15, 0.2) is 57.6 Å². The first-order valence-electron chi connectivity index (χ1n) is 21.9. The summed E-state index contributed by atoms with van der Waals surface area (Å²) in [5.74, 6) is -0.197. The first-order chi connectivity index (χ1) is 27.3. The molecule has 0 N–H and O–H groups in total. The minimum absolute atomic E-state index is 0.0168. The zero-order chi connectivity index (χ0) is 37.5. The second-order valence-corrected chi connectivity index (χ2v) is 20.9. The maximum Gasteiger partial charge on any atom is 0.188 e. The number of fused-ring (bicyclic) bond motifs is 13. The molecule has 2 aromatic rings. The van der Waals surface area contributed by atoms with Crippen molar-refractivity contribution in [3.63, 3.8) is 0 Å². The lowest BCUT2D eigenvalue weighted by molar-refractivity contribution is -0.120. The van der Waals surface area contributed by atoms with Crippen molar-refractivity contribution in [3.8, 4) is 0 Å². The molecule has 0 aromatic carbocycles. The molecular weight excluding hydrogens is 733 g/mol. The van der Waals surface area contributed by atoms with E-state index in [1.54, 1.807) is 22.7 Å². The molecule has 6 saturated carbocycles. The fourth-order valence-corrected chi connectivity index (χ4v) is 15.8.